The monoisotopic (exact) mass is 263 g/mol. The molecule has 0 spiro atoms. The minimum atomic E-state index is -0.949. The minimum Gasteiger partial charge on any atom is -1.00 e. The SMILES string of the molecule is O=C(O)c1cccc(C#Cc2cccnc2)c1.[H-].[K+]. The van der Waals surface area contributed by atoms with Gasteiger partial charge in [-0.2, -0.15) is 0 Å². The van der Waals surface area contributed by atoms with E-state index in [1.807, 2.05) is 6.07 Å². The van der Waals surface area contributed by atoms with Gasteiger partial charge in [0.2, 0.25) is 0 Å². The number of hydrogen-bond donors (Lipinski definition) is 1. The predicted octanol–water partition coefficient (Wildman–Crippen LogP) is -0.704. The van der Waals surface area contributed by atoms with E-state index in [4.69, 9.17) is 5.11 Å². The number of rotatable bonds is 1. The summed E-state index contributed by atoms with van der Waals surface area (Å²) in [5.74, 6) is 4.88. The second kappa shape index (κ2) is 7.47. The van der Waals surface area contributed by atoms with Gasteiger partial charge in [0.1, 0.15) is 0 Å². The summed E-state index contributed by atoms with van der Waals surface area (Å²) in [7, 11) is 0. The molecule has 4 heteroatoms. The molecule has 18 heavy (non-hydrogen) atoms. The van der Waals surface area contributed by atoms with E-state index in [9.17, 15) is 4.79 Å². The molecule has 0 fully saturated rings. The quantitative estimate of drug-likeness (QED) is 0.546. The van der Waals surface area contributed by atoms with Crippen LogP contribution >= 0.6 is 0 Å². The molecule has 1 aromatic heterocycles. The Morgan fingerprint density at radius 3 is 2.56 bits per heavy atom. The average molecular weight is 263 g/mol. The Bertz CT molecular complexity index is 606. The van der Waals surface area contributed by atoms with Crippen molar-refractivity contribution in [3.05, 3.63) is 65.5 Å². The molecule has 1 aromatic carbocycles. The molecule has 1 heterocycles. The Labute approximate surface area is 149 Å². The number of carboxylic acid groups (broad SMARTS) is 1. The van der Waals surface area contributed by atoms with E-state index in [1.165, 1.54) is 6.07 Å². The van der Waals surface area contributed by atoms with Gasteiger partial charge in [0.15, 0.2) is 0 Å². The largest absolute Gasteiger partial charge is 1.00 e. The van der Waals surface area contributed by atoms with E-state index in [-0.39, 0.29) is 58.4 Å². The first kappa shape index (κ1) is 15.1. The zero-order valence-electron chi connectivity index (χ0n) is 10.9. The predicted molar refractivity (Wildman–Crippen MR) is 64.7 cm³/mol. The van der Waals surface area contributed by atoms with Crippen molar-refractivity contribution >= 4 is 5.97 Å². The molecule has 0 bridgehead atoms. The van der Waals surface area contributed by atoms with Crippen LogP contribution in [0.4, 0.5) is 0 Å². The molecule has 0 saturated carbocycles. The van der Waals surface area contributed by atoms with Gasteiger partial charge in [0.05, 0.1) is 5.56 Å². The number of aromatic carboxylic acids is 1. The number of hydrogen-bond acceptors (Lipinski definition) is 2. The molecule has 0 atom stereocenters. The van der Waals surface area contributed by atoms with E-state index >= 15 is 0 Å². The van der Waals surface area contributed by atoms with Gasteiger partial charge in [-0.1, -0.05) is 17.9 Å². The summed E-state index contributed by atoms with van der Waals surface area (Å²) in [4.78, 5) is 14.7. The van der Waals surface area contributed by atoms with Crippen molar-refractivity contribution in [2.45, 2.75) is 0 Å². The molecule has 0 aliphatic rings. The van der Waals surface area contributed by atoms with Crippen LogP contribution in [0.5, 0.6) is 0 Å². The van der Waals surface area contributed by atoms with E-state index < -0.39 is 5.97 Å². The van der Waals surface area contributed by atoms with Crippen molar-refractivity contribution in [2.24, 2.45) is 0 Å². The van der Waals surface area contributed by atoms with Gasteiger partial charge in [-0.25, -0.2) is 4.79 Å². The summed E-state index contributed by atoms with van der Waals surface area (Å²) in [5.41, 5.74) is 1.71. The summed E-state index contributed by atoms with van der Waals surface area (Å²) >= 11 is 0. The molecule has 0 radical (unpaired) electrons. The Balaban J connectivity index is 0.00000162. The third-order valence-corrected chi connectivity index (χ3v) is 2.12. The standard InChI is InChI=1S/C14H9NO2.K.H/c16-14(17)13-5-1-3-11(9-13)6-7-12-4-2-8-15-10-12;;/h1-5,8-10H,(H,16,17);;/q;+1;-1. The van der Waals surface area contributed by atoms with Crippen LogP contribution in [0.2, 0.25) is 0 Å². The molecular weight excluding hydrogens is 253 g/mol. The van der Waals surface area contributed by atoms with Crippen molar-refractivity contribution in [3.8, 4) is 11.8 Å². The number of benzene rings is 1. The topological polar surface area (TPSA) is 50.2 Å². The van der Waals surface area contributed by atoms with Crippen molar-refractivity contribution in [1.29, 1.82) is 0 Å². The first-order valence-corrected chi connectivity index (χ1v) is 5.01. The molecule has 84 valence electrons. The molecule has 0 unspecified atom stereocenters. The van der Waals surface area contributed by atoms with Gasteiger partial charge in [-0.3, -0.25) is 4.98 Å². The van der Waals surface area contributed by atoms with Gasteiger partial charge >= 0.3 is 57.4 Å². The number of pyridine rings is 1. The molecule has 0 aliphatic carbocycles. The van der Waals surface area contributed by atoms with Crippen molar-refractivity contribution in [2.75, 3.05) is 0 Å². The fraction of sp³-hybridized carbons (Fsp3) is 0. The number of aromatic nitrogens is 1. The summed E-state index contributed by atoms with van der Waals surface area (Å²) in [6.45, 7) is 0. The van der Waals surface area contributed by atoms with Gasteiger partial charge < -0.3 is 6.53 Å². The number of carbonyl (C=O) groups is 1. The van der Waals surface area contributed by atoms with E-state index in [0.717, 1.165) is 5.56 Å². The van der Waals surface area contributed by atoms with Crippen LogP contribution in [-0.2, 0) is 0 Å². The van der Waals surface area contributed by atoms with Crippen LogP contribution in [0, 0.1) is 11.8 Å². The van der Waals surface area contributed by atoms with E-state index in [2.05, 4.69) is 16.8 Å². The number of carboxylic acids is 1. The van der Waals surface area contributed by atoms with Crippen molar-refractivity contribution < 1.29 is 62.7 Å². The Hall–Kier alpha value is -0.964. The molecule has 0 amide bonds. The molecule has 2 aromatic rings. The maximum atomic E-state index is 10.8. The van der Waals surface area contributed by atoms with Crippen LogP contribution in [-0.4, -0.2) is 16.1 Å². The van der Waals surface area contributed by atoms with Crippen LogP contribution in [0.25, 0.3) is 0 Å². The van der Waals surface area contributed by atoms with Gasteiger partial charge in [0, 0.05) is 23.5 Å². The fourth-order valence-corrected chi connectivity index (χ4v) is 1.31. The molecule has 0 saturated heterocycles. The summed E-state index contributed by atoms with van der Waals surface area (Å²) < 4.78 is 0. The van der Waals surface area contributed by atoms with Crippen molar-refractivity contribution in [3.63, 3.8) is 0 Å². The van der Waals surface area contributed by atoms with Crippen LogP contribution in [0.15, 0.2) is 48.8 Å². The fourth-order valence-electron chi connectivity index (χ4n) is 1.31. The summed E-state index contributed by atoms with van der Waals surface area (Å²) in [6, 6.07) is 10.2. The average Bonchev–Trinajstić information content (AvgIpc) is 2.38. The van der Waals surface area contributed by atoms with E-state index in [0.29, 0.717) is 5.56 Å². The smallest absolute Gasteiger partial charge is 1.00 e. The Morgan fingerprint density at radius 2 is 1.89 bits per heavy atom. The van der Waals surface area contributed by atoms with Gasteiger partial charge in [-0.15, -0.1) is 0 Å². The third-order valence-electron chi connectivity index (χ3n) is 2.12. The second-order valence-corrected chi connectivity index (χ2v) is 3.38. The molecule has 0 aliphatic heterocycles. The molecule has 2 rings (SSSR count). The third kappa shape index (κ3) is 4.37. The van der Waals surface area contributed by atoms with Gasteiger partial charge in [0.25, 0.3) is 0 Å². The van der Waals surface area contributed by atoms with Gasteiger partial charge in [-0.05, 0) is 30.3 Å². The van der Waals surface area contributed by atoms with Crippen LogP contribution in [0.1, 0.15) is 22.9 Å². The second-order valence-electron chi connectivity index (χ2n) is 3.38. The normalized spacial score (nSPS) is 8.67. The maximum Gasteiger partial charge on any atom is 1.00 e. The summed E-state index contributed by atoms with van der Waals surface area (Å²) in [6.07, 6.45) is 3.34. The first-order chi connectivity index (χ1) is 8.25. The molecule has 1 N–H and O–H groups in total. The Kier molecular flexibility index (Phi) is 6.26. The number of nitrogens with zero attached hydrogens (tertiary/aromatic N) is 1. The van der Waals surface area contributed by atoms with E-state index in [1.54, 1.807) is 36.7 Å². The summed E-state index contributed by atoms with van der Waals surface area (Å²) in [5, 5.41) is 8.84. The maximum absolute atomic E-state index is 10.8. The van der Waals surface area contributed by atoms with Crippen LogP contribution in [0.3, 0.4) is 0 Å². The van der Waals surface area contributed by atoms with Crippen LogP contribution < -0.4 is 51.4 Å². The van der Waals surface area contributed by atoms with Crippen molar-refractivity contribution in [1.82, 2.24) is 4.98 Å². The zero-order valence-corrected chi connectivity index (χ0v) is 13.0. The molecular formula is C14H10KNO2. The Morgan fingerprint density at radius 1 is 1.17 bits per heavy atom. The minimum absolute atomic E-state index is 0. The molecule has 3 nitrogen and oxygen atoms in total. The first-order valence-electron chi connectivity index (χ1n) is 5.01. The zero-order chi connectivity index (χ0) is 12.1.